The van der Waals surface area contributed by atoms with Crippen molar-refractivity contribution in [1.82, 2.24) is 0 Å². The Labute approximate surface area is 239 Å². The Kier molecular flexibility index (Phi) is 8.38. The third-order valence-corrected chi connectivity index (χ3v) is 7.59. The van der Waals surface area contributed by atoms with Gasteiger partial charge in [0.15, 0.2) is 17.3 Å². The molecule has 1 aliphatic heterocycles. The van der Waals surface area contributed by atoms with Crippen molar-refractivity contribution in [1.29, 1.82) is 0 Å². The summed E-state index contributed by atoms with van der Waals surface area (Å²) in [6.45, 7) is 2.03. The van der Waals surface area contributed by atoms with Crippen LogP contribution in [0.15, 0.2) is 89.1 Å². The summed E-state index contributed by atoms with van der Waals surface area (Å²) >= 11 is 0. The first-order valence-electron chi connectivity index (χ1n) is 13.6. The van der Waals surface area contributed by atoms with E-state index in [0.29, 0.717) is 46.2 Å². The molecule has 0 bridgehead atoms. The van der Waals surface area contributed by atoms with Gasteiger partial charge in [-0.1, -0.05) is 36.4 Å². The standard InChI is InChI=1S/C33H33NO7/c1-20-30(33(37)41-15-14-40-25-10-5-4-6-11-25)31(22-8-7-9-24(35)16-22)32-26(34-20)17-23(18-27(32)36)21-12-13-28(38-2)29(19-21)39-3/h4-13,16,19,23,30-31,35H,14-15,17-18H2,1-3H3/t23-,30?,31-/m1/s1. The normalized spacial score (nSPS) is 20.1. The predicted molar refractivity (Wildman–Crippen MR) is 154 cm³/mol. The number of carbonyl (C=O) groups excluding carboxylic acids is 2. The van der Waals surface area contributed by atoms with E-state index in [1.54, 1.807) is 39.3 Å². The van der Waals surface area contributed by atoms with Gasteiger partial charge in [0.2, 0.25) is 0 Å². The van der Waals surface area contributed by atoms with Crippen LogP contribution in [0, 0.1) is 5.92 Å². The van der Waals surface area contributed by atoms with Crippen LogP contribution in [0.25, 0.3) is 0 Å². The molecule has 212 valence electrons. The van der Waals surface area contributed by atoms with E-state index >= 15 is 0 Å². The van der Waals surface area contributed by atoms with E-state index in [2.05, 4.69) is 0 Å². The van der Waals surface area contributed by atoms with E-state index in [1.807, 2.05) is 54.6 Å². The number of allylic oxidation sites excluding steroid dienone is 2. The van der Waals surface area contributed by atoms with Crippen molar-refractivity contribution in [3.63, 3.8) is 0 Å². The van der Waals surface area contributed by atoms with Crippen molar-refractivity contribution >= 4 is 17.5 Å². The van der Waals surface area contributed by atoms with Crippen molar-refractivity contribution in [2.45, 2.75) is 31.6 Å². The molecule has 5 rings (SSSR count). The largest absolute Gasteiger partial charge is 0.508 e. The molecule has 0 radical (unpaired) electrons. The maximum Gasteiger partial charge on any atom is 0.315 e. The summed E-state index contributed by atoms with van der Waals surface area (Å²) < 4.78 is 22.2. The van der Waals surface area contributed by atoms with Crippen molar-refractivity contribution in [2.24, 2.45) is 10.9 Å². The van der Waals surface area contributed by atoms with Crippen LogP contribution >= 0.6 is 0 Å². The highest BCUT2D eigenvalue weighted by atomic mass is 16.6. The maximum atomic E-state index is 13.8. The number of carbonyl (C=O) groups is 2. The molecule has 8 heteroatoms. The number of hydrogen-bond acceptors (Lipinski definition) is 8. The van der Waals surface area contributed by atoms with Gasteiger partial charge in [-0.2, -0.15) is 0 Å². The summed E-state index contributed by atoms with van der Waals surface area (Å²) in [6, 6.07) is 21.6. The molecule has 41 heavy (non-hydrogen) atoms. The lowest BCUT2D eigenvalue weighted by Gasteiger charge is -2.36. The number of nitrogens with zero attached hydrogens (tertiary/aromatic N) is 1. The molecule has 3 aromatic rings. The van der Waals surface area contributed by atoms with E-state index < -0.39 is 17.8 Å². The lowest BCUT2D eigenvalue weighted by molar-refractivity contribution is -0.147. The Bertz CT molecular complexity index is 1490. The van der Waals surface area contributed by atoms with Crippen molar-refractivity contribution in [2.75, 3.05) is 27.4 Å². The lowest BCUT2D eigenvalue weighted by Crippen LogP contribution is -2.38. The molecule has 0 fully saturated rings. The molecule has 0 aromatic heterocycles. The minimum Gasteiger partial charge on any atom is -0.508 e. The maximum absolute atomic E-state index is 13.8. The van der Waals surface area contributed by atoms with Crippen LogP contribution in [-0.2, 0) is 14.3 Å². The SMILES string of the molecule is COc1ccc([C@H]2CC(=O)C3=C(C2)N=C(C)C(C(=O)OCCOc2ccccc2)[C@H]3c2cccc(O)c2)cc1OC. The average molecular weight is 556 g/mol. The summed E-state index contributed by atoms with van der Waals surface area (Å²) in [6.07, 6.45) is 0.779. The number of Topliss-reactive ketones (excluding diaryl/α,β-unsaturated/α-hetero) is 1. The number of methoxy groups -OCH3 is 2. The Morgan fingerprint density at radius 1 is 0.902 bits per heavy atom. The number of ketones is 1. The van der Waals surface area contributed by atoms with Gasteiger partial charge in [0.05, 0.1) is 14.2 Å². The van der Waals surface area contributed by atoms with Crippen LogP contribution in [0.1, 0.15) is 42.7 Å². The van der Waals surface area contributed by atoms with Gasteiger partial charge in [-0.05, 0) is 66.8 Å². The number of phenolic OH excluding ortho intramolecular Hbond substituents is 1. The number of ether oxygens (including phenoxy) is 4. The zero-order chi connectivity index (χ0) is 28.9. The van der Waals surface area contributed by atoms with Gasteiger partial charge in [-0.25, -0.2) is 0 Å². The number of aromatic hydroxyl groups is 1. The van der Waals surface area contributed by atoms with E-state index in [0.717, 1.165) is 5.56 Å². The summed E-state index contributed by atoms with van der Waals surface area (Å²) in [4.78, 5) is 32.1. The second kappa shape index (κ2) is 12.3. The fraction of sp³-hybridized carbons (Fsp3) is 0.303. The highest BCUT2D eigenvalue weighted by Gasteiger charge is 2.45. The van der Waals surface area contributed by atoms with Crippen LogP contribution < -0.4 is 14.2 Å². The third-order valence-electron chi connectivity index (χ3n) is 7.59. The van der Waals surface area contributed by atoms with E-state index in [4.69, 9.17) is 23.9 Å². The Balaban J connectivity index is 1.42. The smallest absolute Gasteiger partial charge is 0.315 e. The first-order chi connectivity index (χ1) is 19.9. The number of phenols is 1. The molecule has 3 atom stereocenters. The zero-order valence-corrected chi connectivity index (χ0v) is 23.3. The van der Waals surface area contributed by atoms with Crippen molar-refractivity contribution in [3.8, 4) is 23.0 Å². The quantitative estimate of drug-likeness (QED) is 0.271. The molecule has 1 N–H and O–H groups in total. The Morgan fingerprint density at radius 3 is 2.41 bits per heavy atom. The Hall–Kier alpha value is -4.59. The summed E-state index contributed by atoms with van der Waals surface area (Å²) in [5.74, 6) is -0.172. The number of esters is 1. The third kappa shape index (κ3) is 5.96. The first-order valence-corrected chi connectivity index (χ1v) is 13.6. The molecule has 8 nitrogen and oxygen atoms in total. The predicted octanol–water partition coefficient (Wildman–Crippen LogP) is 5.61. The molecule has 3 aromatic carbocycles. The van der Waals surface area contributed by atoms with Crippen molar-refractivity contribution < 1.29 is 33.6 Å². The van der Waals surface area contributed by atoms with Crippen LogP contribution in [0.4, 0.5) is 0 Å². The van der Waals surface area contributed by atoms with Gasteiger partial charge in [-0.15, -0.1) is 0 Å². The van der Waals surface area contributed by atoms with E-state index in [-0.39, 0.29) is 37.1 Å². The zero-order valence-electron chi connectivity index (χ0n) is 23.3. The van der Waals surface area contributed by atoms with Crippen LogP contribution in [0.2, 0.25) is 0 Å². The molecular weight excluding hydrogens is 522 g/mol. The fourth-order valence-electron chi connectivity index (χ4n) is 5.69. The number of para-hydroxylation sites is 1. The molecule has 1 unspecified atom stereocenters. The van der Waals surface area contributed by atoms with Gasteiger partial charge in [-0.3, -0.25) is 14.6 Å². The second-order valence-electron chi connectivity index (χ2n) is 10.1. The van der Waals surface area contributed by atoms with Crippen molar-refractivity contribution in [3.05, 3.63) is 95.2 Å². The second-order valence-corrected chi connectivity index (χ2v) is 10.1. The van der Waals surface area contributed by atoms with E-state index in [9.17, 15) is 14.7 Å². The van der Waals surface area contributed by atoms with Gasteiger partial charge in [0, 0.05) is 29.3 Å². The topological polar surface area (TPSA) is 104 Å². The molecule has 0 saturated heterocycles. The fourth-order valence-corrected chi connectivity index (χ4v) is 5.69. The number of rotatable bonds is 9. The number of benzene rings is 3. The van der Waals surface area contributed by atoms with Crippen LogP contribution in [0.3, 0.4) is 0 Å². The number of aliphatic imine (C=N–C) groups is 1. The summed E-state index contributed by atoms with van der Waals surface area (Å²) in [5.41, 5.74) is 3.33. The highest BCUT2D eigenvalue weighted by Crippen LogP contribution is 2.47. The highest BCUT2D eigenvalue weighted by molar-refractivity contribution is 6.09. The van der Waals surface area contributed by atoms with E-state index in [1.165, 1.54) is 0 Å². The minimum atomic E-state index is -0.811. The van der Waals surface area contributed by atoms with Crippen LogP contribution in [-0.4, -0.2) is 50.0 Å². The summed E-state index contributed by atoms with van der Waals surface area (Å²) in [7, 11) is 3.16. The van der Waals surface area contributed by atoms with Gasteiger partial charge >= 0.3 is 5.97 Å². The molecule has 1 heterocycles. The molecule has 0 spiro atoms. The average Bonchev–Trinajstić information content (AvgIpc) is 2.98. The summed E-state index contributed by atoms with van der Waals surface area (Å²) in [5, 5.41) is 10.3. The van der Waals surface area contributed by atoms with Gasteiger partial charge in [0.1, 0.15) is 30.6 Å². The molecule has 2 aliphatic rings. The number of hydrogen-bond donors (Lipinski definition) is 1. The molecule has 1 aliphatic carbocycles. The Morgan fingerprint density at radius 2 is 1.68 bits per heavy atom. The van der Waals surface area contributed by atoms with Crippen LogP contribution in [0.5, 0.6) is 23.0 Å². The minimum absolute atomic E-state index is 0.0471. The molecular formula is C33H33NO7. The first kappa shape index (κ1) is 28.0. The van der Waals surface area contributed by atoms with Gasteiger partial charge in [0.25, 0.3) is 0 Å². The molecule has 0 saturated carbocycles. The monoisotopic (exact) mass is 555 g/mol. The lowest BCUT2D eigenvalue weighted by atomic mass is 9.69. The van der Waals surface area contributed by atoms with Gasteiger partial charge < -0.3 is 24.1 Å². The molecule has 0 amide bonds.